The van der Waals surface area contributed by atoms with Crippen molar-refractivity contribution in [1.29, 1.82) is 0 Å². The minimum atomic E-state index is -0.728. The van der Waals surface area contributed by atoms with Crippen molar-refractivity contribution in [2.24, 2.45) is 0 Å². The number of likely N-dealkylation sites (N-methyl/N-ethyl adjacent to an activating group) is 1. The molecule has 1 atom stereocenters. The van der Waals surface area contributed by atoms with E-state index in [2.05, 4.69) is 0 Å². The van der Waals surface area contributed by atoms with E-state index in [0.717, 1.165) is 18.5 Å². The van der Waals surface area contributed by atoms with E-state index in [1.807, 2.05) is 37.4 Å². The van der Waals surface area contributed by atoms with Gasteiger partial charge in [-0.25, -0.2) is 4.79 Å². The maximum atomic E-state index is 10.9. The van der Waals surface area contributed by atoms with Gasteiger partial charge in [0, 0.05) is 12.8 Å². The van der Waals surface area contributed by atoms with Crippen LogP contribution in [0, 0.1) is 0 Å². The van der Waals surface area contributed by atoms with Crippen molar-refractivity contribution in [3.05, 3.63) is 30.3 Å². The van der Waals surface area contributed by atoms with E-state index in [1.165, 1.54) is 0 Å². The van der Waals surface area contributed by atoms with E-state index in [-0.39, 0.29) is 6.54 Å². The summed E-state index contributed by atoms with van der Waals surface area (Å²) in [5.74, 6) is -0.728. The lowest BCUT2D eigenvalue weighted by Crippen LogP contribution is -2.50. The maximum absolute atomic E-state index is 10.9. The predicted octanol–water partition coefficient (Wildman–Crippen LogP) is 1.87. The lowest BCUT2D eigenvalue weighted by atomic mass is 10.2. The third-order valence-electron chi connectivity index (χ3n) is 3.16. The smallest absolute Gasteiger partial charge is 0.359 e. The van der Waals surface area contributed by atoms with Crippen LogP contribution < -0.4 is 4.48 Å². The number of quaternary nitrogens is 1. The van der Waals surface area contributed by atoms with Crippen LogP contribution in [-0.4, -0.2) is 30.7 Å². The van der Waals surface area contributed by atoms with E-state index in [4.69, 9.17) is 5.11 Å². The number of hydrogen-bond acceptors (Lipinski definition) is 1. The molecule has 0 radical (unpaired) electrons. The minimum absolute atomic E-state index is 0.175. The number of carboxylic acid groups (broad SMARTS) is 1. The third-order valence-corrected chi connectivity index (χ3v) is 3.16. The summed E-state index contributed by atoms with van der Waals surface area (Å²) >= 11 is 0. The van der Waals surface area contributed by atoms with Gasteiger partial charge in [-0.05, 0) is 12.1 Å². The van der Waals surface area contributed by atoms with Gasteiger partial charge in [0.15, 0.2) is 6.54 Å². The Labute approximate surface area is 89.5 Å². The SMILES string of the molecule is C[N+](CC(=O)O)(c1ccccc1)C1CC1. The van der Waals surface area contributed by atoms with Gasteiger partial charge >= 0.3 is 5.97 Å². The monoisotopic (exact) mass is 206 g/mol. The van der Waals surface area contributed by atoms with Crippen molar-refractivity contribution in [1.82, 2.24) is 4.48 Å². The second-order valence-corrected chi connectivity index (χ2v) is 4.39. The molecule has 2 rings (SSSR count). The fraction of sp³-hybridized carbons (Fsp3) is 0.417. The van der Waals surface area contributed by atoms with Gasteiger partial charge in [-0.3, -0.25) is 4.48 Å². The number of para-hydroxylation sites is 1. The van der Waals surface area contributed by atoms with Gasteiger partial charge in [0.1, 0.15) is 5.69 Å². The zero-order chi connectivity index (χ0) is 10.9. The largest absolute Gasteiger partial charge is 0.477 e. The highest BCUT2D eigenvalue weighted by molar-refractivity contribution is 5.72. The Morgan fingerprint density at radius 3 is 2.47 bits per heavy atom. The molecule has 0 spiro atoms. The molecule has 0 aliphatic heterocycles. The van der Waals surface area contributed by atoms with E-state index < -0.39 is 5.97 Å². The quantitative estimate of drug-likeness (QED) is 0.764. The summed E-state index contributed by atoms with van der Waals surface area (Å²) in [6, 6.07) is 10.4. The number of carbonyl (C=O) groups is 1. The molecule has 0 amide bonds. The molecule has 1 unspecified atom stereocenters. The van der Waals surface area contributed by atoms with Crippen molar-refractivity contribution in [3.63, 3.8) is 0 Å². The van der Waals surface area contributed by atoms with Crippen molar-refractivity contribution < 1.29 is 9.90 Å². The second-order valence-electron chi connectivity index (χ2n) is 4.39. The lowest BCUT2D eigenvalue weighted by molar-refractivity contribution is -0.137. The molecule has 1 saturated carbocycles. The van der Waals surface area contributed by atoms with E-state index in [9.17, 15) is 4.79 Å². The Hall–Kier alpha value is -1.35. The molecule has 1 aliphatic rings. The van der Waals surface area contributed by atoms with Gasteiger partial charge in [0.25, 0.3) is 0 Å². The molecule has 1 N–H and O–H groups in total. The summed E-state index contributed by atoms with van der Waals surface area (Å²) in [6.07, 6.45) is 2.28. The third kappa shape index (κ3) is 2.02. The van der Waals surface area contributed by atoms with Gasteiger partial charge in [-0.15, -0.1) is 0 Å². The molecular formula is C12H16NO2+. The topological polar surface area (TPSA) is 37.3 Å². The van der Waals surface area contributed by atoms with Gasteiger partial charge in [0.2, 0.25) is 0 Å². The Morgan fingerprint density at radius 1 is 1.40 bits per heavy atom. The predicted molar refractivity (Wildman–Crippen MR) is 59.7 cm³/mol. The van der Waals surface area contributed by atoms with Crippen LogP contribution >= 0.6 is 0 Å². The summed E-state index contributed by atoms with van der Waals surface area (Å²) < 4.78 is 0.538. The average Bonchev–Trinajstić information content (AvgIpc) is 3.01. The van der Waals surface area contributed by atoms with Crippen LogP contribution in [0.2, 0.25) is 0 Å². The lowest BCUT2D eigenvalue weighted by Gasteiger charge is -2.32. The van der Waals surface area contributed by atoms with Gasteiger partial charge < -0.3 is 5.11 Å². The molecule has 0 saturated heterocycles. The summed E-state index contributed by atoms with van der Waals surface area (Å²) in [5, 5.41) is 8.97. The summed E-state index contributed by atoms with van der Waals surface area (Å²) in [4.78, 5) is 10.9. The maximum Gasteiger partial charge on any atom is 0.359 e. The fourth-order valence-electron chi connectivity index (χ4n) is 2.13. The molecule has 1 aromatic rings. The van der Waals surface area contributed by atoms with E-state index in [0.29, 0.717) is 10.5 Å². The number of aliphatic carboxylic acids is 1. The number of hydrogen-bond donors (Lipinski definition) is 1. The van der Waals surface area contributed by atoms with Crippen molar-refractivity contribution in [3.8, 4) is 0 Å². The number of carboxylic acids is 1. The molecule has 0 heterocycles. The fourth-order valence-corrected chi connectivity index (χ4v) is 2.13. The molecule has 1 fully saturated rings. The first-order valence-corrected chi connectivity index (χ1v) is 5.25. The minimum Gasteiger partial charge on any atom is -0.477 e. The van der Waals surface area contributed by atoms with Gasteiger partial charge in [0.05, 0.1) is 13.1 Å². The van der Waals surface area contributed by atoms with Gasteiger partial charge in [-0.1, -0.05) is 18.2 Å². The molecule has 80 valence electrons. The molecule has 15 heavy (non-hydrogen) atoms. The molecule has 1 aliphatic carbocycles. The van der Waals surface area contributed by atoms with Crippen molar-refractivity contribution >= 4 is 11.7 Å². The first-order valence-electron chi connectivity index (χ1n) is 5.25. The van der Waals surface area contributed by atoms with Crippen LogP contribution in [0.1, 0.15) is 12.8 Å². The van der Waals surface area contributed by atoms with Crippen LogP contribution in [0.4, 0.5) is 5.69 Å². The molecule has 3 heteroatoms. The Balaban J connectivity index is 2.30. The van der Waals surface area contributed by atoms with Crippen LogP contribution in [0.25, 0.3) is 0 Å². The first-order chi connectivity index (χ1) is 7.13. The molecular weight excluding hydrogens is 190 g/mol. The number of benzene rings is 1. The number of nitrogens with zero attached hydrogens (tertiary/aromatic N) is 1. The van der Waals surface area contributed by atoms with Crippen LogP contribution in [0.15, 0.2) is 30.3 Å². The Kier molecular flexibility index (Phi) is 2.49. The zero-order valence-corrected chi connectivity index (χ0v) is 8.89. The summed E-state index contributed by atoms with van der Waals surface area (Å²) in [6.45, 7) is 0.175. The molecule has 0 bridgehead atoms. The van der Waals surface area contributed by atoms with Gasteiger partial charge in [-0.2, -0.15) is 0 Å². The van der Waals surface area contributed by atoms with E-state index in [1.54, 1.807) is 0 Å². The zero-order valence-electron chi connectivity index (χ0n) is 8.89. The molecule has 0 aromatic heterocycles. The standard InChI is InChI=1S/C12H15NO2/c1-13(9-12(14)15,11-7-8-11)10-5-3-2-4-6-10/h2-6,11H,7-9H2,1H3/p+1. The normalized spacial score (nSPS) is 19.5. The Bertz CT molecular complexity index is 359. The van der Waals surface area contributed by atoms with Crippen LogP contribution in [0.5, 0.6) is 0 Å². The molecule has 3 nitrogen and oxygen atoms in total. The Morgan fingerprint density at radius 2 is 2.00 bits per heavy atom. The highest BCUT2D eigenvalue weighted by Crippen LogP contribution is 2.36. The highest BCUT2D eigenvalue weighted by Gasteiger charge is 2.44. The average molecular weight is 206 g/mol. The summed E-state index contributed by atoms with van der Waals surface area (Å²) in [7, 11) is 2.02. The summed E-state index contributed by atoms with van der Waals surface area (Å²) in [5.41, 5.74) is 1.10. The molecule has 1 aromatic carbocycles. The van der Waals surface area contributed by atoms with E-state index >= 15 is 0 Å². The highest BCUT2D eigenvalue weighted by atomic mass is 16.4. The number of rotatable bonds is 4. The van der Waals surface area contributed by atoms with Crippen molar-refractivity contribution in [2.45, 2.75) is 18.9 Å². The van der Waals surface area contributed by atoms with Crippen molar-refractivity contribution in [2.75, 3.05) is 13.6 Å². The van der Waals surface area contributed by atoms with Crippen LogP contribution in [-0.2, 0) is 4.79 Å². The van der Waals surface area contributed by atoms with Crippen LogP contribution in [0.3, 0.4) is 0 Å². The second kappa shape index (κ2) is 3.66. The first kappa shape index (κ1) is 10.2.